The predicted molar refractivity (Wildman–Crippen MR) is 67.1 cm³/mol. The minimum absolute atomic E-state index is 0.0540. The second-order valence-corrected chi connectivity index (χ2v) is 5.61. The average Bonchev–Trinajstić information content (AvgIpc) is 2.72. The minimum atomic E-state index is -3.50. The minimum Gasteiger partial charge on any atom is -0.378 e. The molecule has 102 valence electrons. The van der Waals surface area contributed by atoms with Crippen LogP contribution in [0.2, 0.25) is 0 Å². The smallest absolute Gasteiger partial charge is 0.374 e. The third-order valence-corrected chi connectivity index (χ3v) is 4.28. The highest BCUT2D eigenvalue weighted by molar-refractivity contribution is 7.61. The molecular formula is C8H14ClN4O4P. The number of aromatic nitrogens is 2. The Labute approximate surface area is 109 Å². The molecule has 0 aromatic carbocycles. The van der Waals surface area contributed by atoms with E-state index in [0.717, 1.165) is 0 Å². The molecule has 0 aliphatic rings. The summed E-state index contributed by atoms with van der Waals surface area (Å²) in [6.07, 6.45) is 1.21. The summed E-state index contributed by atoms with van der Waals surface area (Å²) in [5.74, 6) is 0.214. The second kappa shape index (κ2) is 6.75. The zero-order chi connectivity index (χ0) is 13.6. The Morgan fingerprint density at radius 2 is 2.11 bits per heavy atom. The van der Waals surface area contributed by atoms with Gasteiger partial charge in [0, 0.05) is 6.20 Å². The third-order valence-electron chi connectivity index (χ3n) is 1.70. The normalized spacial score (nSPS) is 12.7. The molecule has 0 aliphatic heterocycles. The van der Waals surface area contributed by atoms with Crippen LogP contribution in [0.3, 0.4) is 0 Å². The van der Waals surface area contributed by atoms with Crippen molar-refractivity contribution in [2.24, 2.45) is 0 Å². The van der Waals surface area contributed by atoms with E-state index >= 15 is 0 Å². The van der Waals surface area contributed by atoms with Crippen LogP contribution in [0.1, 0.15) is 13.8 Å². The van der Waals surface area contributed by atoms with E-state index in [1.807, 2.05) is 0 Å². The van der Waals surface area contributed by atoms with Gasteiger partial charge in [-0.25, -0.2) is 4.63 Å². The summed E-state index contributed by atoms with van der Waals surface area (Å²) in [6, 6.07) is 0. The SMILES string of the molecule is CCOP(=O)(OCC)/C(Cl)=C/Nc1nonc1N. The number of nitrogen functional groups attached to an aromatic ring is 1. The first-order chi connectivity index (χ1) is 8.53. The molecule has 0 saturated heterocycles. The molecule has 1 rings (SSSR count). The standard InChI is InChI=1S/C8H14ClN4O4P/c1-3-15-18(14,16-4-2)6(9)5-11-8-7(10)12-17-13-8/h5H,3-4H2,1-2H3,(H2,10,12)(H,11,13)/b6-5+. The van der Waals surface area contributed by atoms with E-state index in [9.17, 15) is 4.57 Å². The van der Waals surface area contributed by atoms with Gasteiger partial charge in [-0.15, -0.1) is 0 Å². The molecule has 0 bridgehead atoms. The lowest BCUT2D eigenvalue weighted by molar-refractivity contribution is 0.228. The Bertz CT molecular complexity index is 454. The monoisotopic (exact) mass is 296 g/mol. The number of hydrogen-bond acceptors (Lipinski definition) is 8. The van der Waals surface area contributed by atoms with Gasteiger partial charge in [0.1, 0.15) is 4.77 Å². The maximum absolute atomic E-state index is 12.2. The van der Waals surface area contributed by atoms with Crippen molar-refractivity contribution < 1.29 is 18.2 Å². The number of rotatable bonds is 7. The molecule has 10 heteroatoms. The van der Waals surface area contributed by atoms with Gasteiger partial charge in [0.05, 0.1) is 13.2 Å². The molecule has 1 aromatic rings. The molecule has 0 aliphatic carbocycles. The average molecular weight is 297 g/mol. The molecule has 0 spiro atoms. The first kappa shape index (κ1) is 15.0. The second-order valence-electron chi connectivity index (χ2n) is 2.94. The Morgan fingerprint density at radius 3 is 2.56 bits per heavy atom. The van der Waals surface area contributed by atoms with Gasteiger partial charge in [-0.2, -0.15) is 0 Å². The molecular weight excluding hydrogens is 283 g/mol. The Hall–Kier alpha value is -1.08. The summed E-state index contributed by atoms with van der Waals surface area (Å²) < 4.78 is 26.5. The zero-order valence-electron chi connectivity index (χ0n) is 9.92. The molecule has 18 heavy (non-hydrogen) atoms. The van der Waals surface area contributed by atoms with Crippen LogP contribution in [0.4, 0.5) is 11.6 Å². The van der Waals surface area contributed by atoms with Gasteiger partial charge < -0.3 is 20.1 Å². The maximum atomic E-state index is 12.2. The van der Waals surface area contributed by atoms with Gasteiger partial charge in [0.2, 0.25) is 11.6 Å². The molecule has 1 aromatic heterocycles. The number of anilines is 2. The molecule has 0 fully saturated rings. The fourth-order valence-electron chi connectivity index (χ4n) is 1.00. The first-order valence-corrected chi connectivity index (χ1v) is 7.05. The highest BCUT2D eigenvalue weighted by atomic mass is 35.5. The molecule has 0 radical (unpaired) electrons. The highest BCUT2D eigenvalue weighted by Gasteiger charge is 2.28. The lowest BCUT2D eigenvalue weighted by Gasteiger charge is -2.15. The van der Waals surface area contributed by atoms with Crippen LogP contribution in [0.15, 0.2) is 15.6 Å². The van der Waals surface area contributed by atoms with Crippen molar-refractivity contribution in [2.75, 3.05) is 24.3 Å². The van der Waals surface area contributed by atoms with Gasteiger partial charge in [-0.05, 0) is 24.2 Å². The van der Waals surface area contributed by atoms with Crippen LogP contribution in [0.5, 0.6) is 0 Å². The van der Waals surface area contributed by atoms with E-state index < -0.39 is 7.60 Å². The van der Waals surface area contributed by atoms with Crippen molar-refractivity contribution in [3.8, 4) is 0 Å². The van der Waals surface area contributed by atoms with Gasteiger partial charge in [-0.3, -0.25) is 4.57 Å². The van der Waals surface area contributed by atoms with Crippen molar-refractivity contribution in [2.45, 2.75) is 13.8 Å². The van der Waals surface area contributed by atoms with Crippen molar-refractivity contribution in [3.63, 3.8) is 0 Å². The maximum Gasteiger partial charge on any atom is 0.374 e. The quantitative estimate of drug-likeness (QED) is 0.737. The van der Waals surface area contributed by atoms with E-state index in [1.54, 1.807) is 13.8 Å². The predicted octanol–water partition coefficient (Wildman–Crippen LogP) is 2.37. The molecule has 0 atom stereocenters. The van der Waals surface area contributed by atoms with Gasteiger partial charge in [-0.1, -0.05) is 11.6 Å². The molecule has 8 nitrogen and oxygen atoms in total. The van der Waals surface area contributed by atoms with Crippen LogP contribution in [0, 0.1) is 0 Å². The van der Waals surface area contributed by atoms with E-state index in [2.05, 4.69) is 20.3 Å². The van der Waals surface area contributed by atoms with Crippen molar-refractivity contribution in [1.29, 1.82) is 0 Å². The number of hydrogen-bond donors (Lipinski definition) is 2. The van der Waals surface area contributed by atoms with Crippen LogP contribution in [-0.2, 0) is 13.6 Å². The number of nitrogens with one attached hydrogen (secondary N) is 1. The fourth-order valence-corrected chi connectivity index (χ4v) is 2.57. The topological polar surface area (TPSA) is 112 Å². The highest BCUT2D eigenvalue weighted by Crippen LogP contribution is 2.57. The molecule has 1 heterocycles. The number of halogens is 1. The van der Waals surface area contributed by atoms with Crippen molar-refractivity contribution in [1.82, 2.24) is 10.3 Å². The van der Waals surface area contributed by atoms with E-state index in [1.165, 1.54) is 6.20 Å². The Kier molecular flexibility index (Phi) is 5.61. The van der Waals surface area contributed by atoms with Crippen LogP contribution >= 0.6 is 19.2 Å². The van der Waals surface area contributed by atoms with E-state index in [-0.39, 0.29) is 29.6 Å². The Morgan fingerprint density at radius 1 is 1.50 bits per heavy atom. The van der Waals surface area contributed by atoms with Crippen molar-refractivity contribution >= 4 is 30.8 Å². The summed E-state index contributed by atoms with van der Waals surface area (Å²) in [5.41, 5.74) is 5.42. The van der Waals surface area contributed by atoms with Crippen LogP contribution < -0.4 is 11.1 Å². The first-order valence-electron chi connectivity index (χ1n) is 5.13. The van der Waals surface area contributed by atoms with Gasteiger partial charge in [0.15, 0.2) is 0 Å². The largest absolute Gasteiger partial charge is 0.378 e. The van der Waals surface area contributed by atoms with Crippen LogP contribution in [-0.4, -0.2) is 23.5 Å². The molecule has 0 unspecified atom stereocenters. The molecule has 0 amide bonds. The summed E-state index contributed by atoms with van der Waals surface area (Å²) in [6.45, 7) is 3.77. The lowest BCUT2D eigenvalue weighted by Crippen LogP contribution is -1.99. The zero-order valence-corrected chi connectivity index (χ0v) is 11.6. The summed E-state index contributed by atoms with van der Waals surface area (Å²) in [5, 5.41) is 9.42. The number of nitrogens with zero attached hydrogens (tertiary/aromatic N) is 2. The van der Waals surface area contributed by atoms with E-state index in [4.69, 9.17) is 26.4 Å². The summed E-state index contributed by atoms with van der Waals surface area (Å²) >= 11 is 5.88. The number of nitrogens with two attached hydrogens (primary N) is 1. The summed E-state index contributed by atoms with van der Waals surface area (Å²) in [4.78, 5) is 0. The van der Waals surface area contributed by atoms with Crippen molar-refractivity contribution in [3.05, 3.63) is 11.0 Å². The Balaban J connectivity index is 2.80. The van der Waals surface area contributed by atoms with E-state index in [0.29, 0.717) is 0 Å². The fraction of sp³-hybridized carbons (Fsp3) is 0.500. The molecule has 0 saturated carbocycles. The lowest BCUT2D eigenvalue weighted by atomic mass is 10.6. The van der Waals surface area contributed by atoms with Crippen LogP contribution in [0.25, 0.3) is 0 Å². The summed E-state index contributed by atoms with van der Waals surface area (Å²) in [7, 11) is -3.50. The van der Waals surface area contributed by atoms with Gasteiger partial charge in [0.25, 0.3) is 0 Å². The third kappa shape index (κ3) is 3.71. The van der Waals surface area contributed by atoms with Gasteiger partial charge >= 0.3 is 7.60 Å². The molecule has 3 N–H and O–H groups in total.